The van der Waals surface area contributed by atoms with Crippen molar-refractivity contribution < 1.29 is 0 Å². The normalized spacial score (nSPS) is 41.9. The first-order valence-corrected chi connectivity index (χ1v) is 7.25. The zero-order valence-electron chi connectivity index (χ0n) is 10.4. The summed E-state index contributed by atoms with van der Waals surface area (Å²) in [6.45, 7) is 4.84. The van der Waals surface area contributed by atoms with Crippen molar-refractivity contribution in [1.29, 1.82) is 0 Å². The third kappa shape index (κ3) is 1.41. The van der Waals surface area contributed by atoms with Gasteiger partial charge in [0.2, 0.25) is 0 Å². The van der Waals surface area contributed by atoms with Crippen molar-refractivity contribution in [2.24, 2.45) is 5.92 Å². The highest BCUT2D eigenvalue weighted by molar-refractivity contribution is 6.29. The Labute approximate surface area is 113 Å². The van der Waals surface area contributed by atoms with Crippen molar-refractivity contribution in [1.82, 2.24) is 15.2 Å². The minimum absolute atomic E-state index is 0.360. The molecule has 1 aromatic rings. The summed E-state index contributed by atoms with van der Waals surface area (Å²) in [7, 11) is 0. The zero-order valence-corrected chi connectivity index (χ0v) is 11.2. The van der Waals surface area contributed by atoms with Gasteiger partial charge < -0.3 is 5.32 Å². The van der Waals surface area contributed by atoms with E-state index in [1.54, 1.807) is 0 Å². The van der Waals surface area contributed by atoms with Gasteiger partial charge >= 0.3 is 0 Å². The predicted molar refractivity (Wildman–Crippen MR) is 71.9 cm³/mol. The molecule has 1 spiro atoms. The third-order valence-corrected chi connectivity index (χ3v) is 5.40. The van der Waals surface area contributed by atoms with Gasteiger partial charge in [-0.15, -0.1) is 0 Å². The number of aromatic nitrogens is 1. The van der Waals surface area contributed by atoms with Gasteiger partial charge in [0.1, 0.15) is 5.15 Å². The SMILES string of the molecule is Clc1ccc(C2C3CCN(C3)C23CCNC3)cn1. The molecule has 2 bridgehead atoms. The van der Waals surface area contributed by atoms with E-state index < -0.39 is 0 Å². The minimum atomic E-state index is 0.360. The van der Waals surface area contributed by atoms with Crippen LogP contribution in [0, 0.1) is 5.92 Å². The van der Waals surface area contributed by atoms with Crippen LogP contribution >= 0.6 is 11.6 Å². The number of hydrogen-bond acceptors (Lipinski definition) is 3. The van der Waals surface area contributed by atoms with Gasteiger partial charge in [-0.1, -0.05) is 17.7 Å². The summed E-state index contributed by atoms with van der Waals surface area (Å²) in [5.41, 5.74) is 1.74. The van der Waals surface area contributed by atoms with E-state index in [1.165, 1.54) is 31.5 Å². The second-order valence-corrected chi connectivity index (χ2v) is 6.30. The van der Waals surface area contributed by atoms with Crippen LogP contribution in [-0.4, -0.2) is 41.6 Å². The summed E-state index contributed by atoms with van der Waals surface area (Å²) in [6, 6.07) is 4.12. The summed E-state index contributed by atoms with van der Waals surface area (Å²) in [6.07, 6.45) is 4.61. The van der Waals surface area contributed by atoms with Gasteiger partial charge in [0.15, 0.2) is 0 Å². The molecule has 3 aliphatic rings. The highest BCUT2D eigenvalue weighted by Crippen LogP contribution is 2.53. The maximum atomic E-state index is 5.91. The van der Waals surface area contributed by atoms with Crippen LogP contribution in [0.15, 0.2) is 18.3 Å². The standard InChI is InChI=1S/C14H18ClN3/c15-12-2-1-10(7-17-12)13-11-3-6-18(8-11)14(13)4-5-16-9-14/h1-2,7,11,13,16H,3-6,8-9H2. The molecule has 4 atom stereocenters. The molecular formula is C14H18ClN3. The van der Waals surface area contributed by atoms with Gasteiger partial charge in [0.25, 0.3) is 0 Å². The molecule has 96 valence electrons. The van der Waals surface area contributed by atoms with Crippen molar-refractivity contribution in [2.75, 3.05) is 26.2 Å². The highest BCUT2D eigenvalue weighted by atomic mass is 35.5. The largest absolute Gasteiger partial charge is 0.315 e. The molecule has 4 heteroatoms. The van der Waals surface area contributed by atoms with E-state index in [1.807, 2.05) is 12.3 Å². The van der Waals surface area contributed by atoms with Crippen LogP contribution in [0.2, 0.25) is 5.15 Å². The lowest BCUT2D eigenvalue weighted by molar-refractivity contribution is 0.130. The number of pyridine rings is 1. The van der Waals surface area contributed by atoms with Crippen LogP contribution in [0.5, 0.6) is 0 Å². The molecule has 4 rings (SSSR count). The second-order valence-electron chi connectivity index (χ2n) is 5.92. The van der Waals surface area contributed by atoms with Crippen LogP contribution in [0.4, 0.5) is 0 Å². The number of piperidine rings is 1. The summed E-state index contributed by atoms with van der Waals surface area (Å²) in [5.74, 6) is 1.46. The zero-order chi connectivity index (χ0) is 12.2. The number of hydrogen-bond donors (Lipinski definition) is 1. The Hall–Kier alpha value is -0.640. The number of nitrogens with one attached hydrogen (secondary N) is 1. The maximum Gasteiger partial charge on any atom is 0.129 e. The monoisotopic (exact) mass is 263 g/mol. The summed E-state index contributed by atoms with van der Waals surface area (Å²) in [5, 5.41) is 4.16. The molecule has 3 saturated heterocycles. The lowest BCUT2D eigenvalue weighted by atomic mass is 9.72. The average Bonchev–Trinajstić information content (AvgIpc) is 3.07. The Balaban J connectivity index is 1.76. The van der Waals surface area contributed by atoms with Gasteiger partial charge in [0.05, 0.1) is 0 Å². The third-order valence-electron chi connectivity index (χ3n) is 5.18. The molecule has 0 aromatic carbocycles. The molecule has 4 heterocycles. The molecule has 1 N–H and O–H groups in total. The first kappa shape index (κ1) is 11.2. The van der Waals surface area contributed by atoms with Crippen LogP contribution in [0.3, 0.4) is 0 Å². The Morgan fingerprint density at radius 1 is 1.44 bits per heavy atom. The number of halogens is 1. The molecule has 4 unspecified atom stereocenters. The van der Waals surface area contributed by atoms with Gasteiger partial charge in [-0.05, 0) is 43.5 Å². The average molecular weight is 264 g/mol. The smallest absolute Gasteiger partial charge is 0.129 e. The number of nitrogens with zero attached hydrogens (tertiary/aromatic N) is 2. The molecule has 0 aliphatic carbocycles. The maximum absolute atomic E-state index is 5.91. The van der Waals surface area contributed by atoms with Gasteiger partial charge in [-0.2, -0.15) is 0 Å². The molecule has 3 fully saturated rings. The molecule has 3 nitrogen and oxygen atoms in total. The second kappa shape index (κ2) is 3.92. The van der Waals surface area contributed by atoms with Crippen molar-refractivity contribution in [3.05, 3.63) is 29.0 Å². The van der Waals surface area contributed by atoms with Gasteiger partial charge in [-0.25, -0.2) is 4.98 Å². The van der Waals surface area contributed by atoms with Crippen molar-refractivity contribution in [3.63, 3.8) is 0 Å². The Kier molecular flexibility index (Phi) is 2.44. The lowest BCUT2D eigenvalue weighted by Gasteiger charge is -2.42. The minimum Gasteiger partial charge on any atom is -0.315 e. The van der Waals surface area contributed by atoms with Crippen LogP contribution in [0.1, 0.15) is 24.3 Å². The fourth-order valence-corrected chi connectivity index (χ4v) is 4.60. The molecule has 1 aromatic heterocycles. The fourth-order valence-electron chi connectivity index (χ4n) is 4.49. The fraction of sp³-hybridized carbons (Fsp3) is 0.643. The van der Waals surface area contributed by atoms with E-state index in [0.29, 0.717) is 16.6 Å². The van der Waals surface area contributed by atoms with Gasteiger partial charge in [-0.3, -0.25) is 4.90 Å². The molecule has 0 saturated carbocycles. The topological polar surface area (TPSA) is 28.2 Å². The molecule has 3 aliphatic heterocycles. The van der Waals surface area contributed by atoms with Crippen LogP contribution < -0.4 is 5.32 Å². The number of rotatable bonds is 1. The summed E-state index contributed by atoms with van der Waals surface area (Å²) < 4.78 is 0. The summed E-state index contributed by atoms with van der Waals surface area (Å²) in [4.78, 5) is 7.01. The first-order valence-electron chi connectivity index (χ1n) is 6.87. The predicted octanol–water partition coefficient (Wildman–Crippen LogP) is 1.89. The lowest BCUT2D eigenvalue weighted by Crippen LogP contribution is -2.50. The van der Waals surface area contributed by atoms with Crippen LogP contribution in [0.25, 0.3) is 0 Å². The van der Waals surface area contributed by atoms with E-state index in [-0.39, 0.29) is 0 Å². The van der Waals surface area contributed by atoms with E-state index in [9.17, 15) is 0 Å². The Bertz CT molecular complexity index is 453. The first-order chi connectivity index (χ1) is 8.79. The molecule has 18 heavy (non-hydrogen) atoms. The van der Waals surface area contributed by atoms with Gasteiger partial charge in [0, 0.05) is 30.7 Å². The van der Waals surface area contributed by atoms with E-state index >= 15 is 0 Å². The molecule has 0 radical (unpaired) electrons. The highest BCUT2D eigenvalue weighted by Gasteiger charge is 2.58. The van der Waals surface area contributed by atoms with E-state index in [0.717, 1.165) is 19.0 Å². The Morgan fingerprint density at radius 2 is 2.39 bits per heavy atom. The summed E-state index contributed by atoms with van der Waals surface area (Å²) >= 11 is 5.91. The van der Waals surface area contributed by atoms with Crippen molar-refractivity contribution in [3.8, 4) is 0 Å². The molecular weight excluding hydrogens is 246 g/mol. The van der Waals surface area contributed by atoms with E-state index in [4.69, 9.17) is 11.6 Å². The number of fused-ring (bicyclic) bond motifs is 3. The van der Waals surface area contributed by atoms with E-state index in [2.05, 4.69) is 21.3 Å². The molecule has 0 amide bonds. The van der Waals surface area contributed by atoms with Crippen molar-refractivity contribution in [2.45, 2.75) is 24.3 Å². The van der Waals surface area contributed by atoms with Crippen LogP contribution in [-0.2, 0) is 0 Å². The Morgan fingerprint density at radius 3 is 3.11 bits per heavy atom. The van der Waals surface area contributed by atoms with Crippen molar-refractivity contribution >= 4 is 11.6 Å². The quantitative estimate of drug-likeness (QED) is 0.785.